The maximum atomic E-state index is 6.13. The van der Waals surface area contributed by atoms with Gasteiger partial charge >= 0.3 is 0 Å². The van der Waals surface area contributed by atoms with E-state index in [4.69, 9.17) is 22.1 Å². The van der Waals surface area contributed by atoms with Gasteiger partial charge in [-0.05, 0) is 44.9 Å². The summed E-state index contributed by atoms with van der Waals surface area (Å²) in [5.74, 6) is 1.16. The Balaban J connectivity index is 2.10. The predicted octanol–water partition coefficient (Wildman–Crippen LogP) is 5.63. The van der Waals surface area contributed by atoms with Crippen LogP contribution in [0.15, 0.2) is 59.1 Å². The zero-order chi connectivity index (χ0) is 14.1. The molecule has 0 aliphatic rings. The molecule has 2 N–H and O–H groups in total. The minimum absolute atomic E-state index is 0.477. The number of nitrogen functional groups attached to an aromatic ring is 1. The number of benzene rings is 3. The topological polar surface area (TPSA) is 35.2 Å². The van der Waals surface area contributed by atoms with Gasteiger partial charge < -0.3 is 10.5 Å². The third-order valence-corrected chi connectivity index (χ3v) is 4.15. The Hall–Kier alpha value is -1.71. The zero-order valence-corrected chi connectivity index (χ0v) is 12.8. The summed E-state index contributed by atoms with van der Waals surface area (Å²) in [5, 5.41) is 2.71. The first-order valence-corrected chi connectivity index (χ1v) is 7.23. The lowest BCUT2D eigenvalue weighted by Crippen LogP contribution is -1.93. The fraction of sp³-hybridized carbons (Fsp3) is 0. The van der Waals surface area contributed by atoms with E-state index in [0.717, 1.165) is 15.2 Å². The molecule has 0 heterocycles. The van der Waals surface area contributed by atoms with Gasteiger partial charge in [0.2, 0.25) is 0 Å². The number of anilines is 1. The number of nitrogens with two attached hydrogens (primary N) is 1. The third kappa shape index (κ3) is 2.35. The van der Waals surface area contributed by atoms with Crippen molar-refractivity contribution < 1.29 is 4.74 Å². The summed E-state index contributed by atoms with van der Waals surface area (Å²) in [7, 11) is 0. The van der Waals surface area contributed by atoms with E-state index in [2.05, 4.69) is 15.9 Å². The second kappa shape index (κ2) is 5.35. The summed E-state index contributed by atoms with van der Waals surface area (Å²) in [6, 6.07) is 17.3. The summed E-state index contributed by atoms with van der Waals surface area (Å²) < 4.78 is 6.76. The molecule has 0 fully saturated rings. The molecule has 0 radical (unpaired) electrons. The number of fused-ring (bicyclic) bond motifs is 1. The molecule has 3 aromatic carbocycles. The van der Waals surface area contributed by atoms with Gasteiger partial charge in [0.1, 0.15) is 5.75 Å². The molecule has 0 bridgehead atoms. The van der Waals surface area contributed by atoms with Crippen molar-refractivity contribution in [3.63, 3.8) is 0 Å². The minimum Gasteiger partial charge on any atom is -0.452 e. The number of halogens is 2. The van der Waals surface area contributed by atoms with Crippen molar-refractivity contribution in [1.82, 2.24) is 0 Å². The van der Waals surface area contributed by atoms with Crippen LogP contribution in [-0.2, 0) is 0 Å². The van der Waals surface area contributed by atoms with Crippen LogP contribution in [0.2, 0.25) is 5.02 Å². The molecule has 0 aliphatic heterocycles. The Kier molecular flexibility index (Phi) is 3.55. The highest BCUT2D eigenvalue weighted by atomic mass is 79.9. The maximum Gasteiger partial charge on any atom is 0.168 e. The Morgan fingerprint density at radius 3 is 2.55 bits per heavy atom. The molecule has 0 amide bonds. The first kappa shape index (κ1) is 13.3. The first-order chi connectivity index (χ1) is 9.66. The predicted molar refractivity (Wildman–Crippen MR) is 87.6 cm³/mol. The van der Waals surface area contributed by atoms with Gasteiger partial charge in [-0.2, -0.15) is 0 Å². The quantitative estimate of drug-likeness (QED) is 0.609. The van der Waals surface area contributed by atoms with Crippen molar-refractivity contribution in [1.29, 1.82) is 0 Å². The molecule has 20 heavy (non-hydrogen) atoms. The van der Waals surface area contributed by atoms with E-state index in [1.807, 2.05) is 36.4 Å². The summed E-state index contributed by atoms with van der Waals surface area (Å²) in [6.07, 6.45) is 0. The molecule has 0 spiro atoms. The normalized spacial score (nSPS) is 10.7. The van der Waals surface area contributed by atoms with Crippen LogP contribution in [0.1, 0.15) is 0 Å². The number of rotatable bonds is 2. The van der Waals surface area contributed by atoms with Gasteiger partial charge in [0, 0.05) is 0 Å². The molecular weight excluding hydrogens is 338 g/mol. The van der Waals surface area contributed by atoms with E-state index in [1.165, 1.54) is 0 Å². The maximum absolute atomic E-state index is 6.13. The first-order valence-electron chi connectivity index (χ1n) is 6.06. The van der Waals surface area contributed by atoms with Crippen molar-refractivity contribution in [3.05, 3.63) is 64.1 Å². The van der Waals surface area contributed by atoms with Crippen molar-refractivity contribution in [3.8, 4) is 11.5 Å². The largest absolute Gasteiger partial charge is 0.452 e. The second-order valence-corrected chi connectivity index (χ2v) is 5.56. The highest BCUT2D eigenvalue weighted by Crippen LogP contribution is 2.40. The number of para-hydroxylation sites is 1. The molecule has 2 nitrogen and oxygen atoms in total. The molecule has 0 unspecified atom stereocenters. The lowest BCUT2D eigenvalue weighted by Gasteiger charge is -2.12. The van der Waals surface area contributed by atoms with Crippen LogP contribution in [0.3, 0.4) is 0 Å². The van der Waals surface area contributed by atoms with E-state index < -0.39 is 0 Å². The van der Waals surface area contributed by atoms with Crippen LogP contribution in [-0.4, -0.2) is 0 Å². The molecule has 4 heteroatoms. The monoisotopic (exact) mass is 347 g/mol. The highest BCUT2D eigenvalue weighted by molar-refractivity contribution is 9.10. The zero-order valence-electron chi connectivity index (χ0n) is 10.4. The Morgan fingerprint density at radius 1 is 0.950 bits per heavy atom. The number of ether oxygens (including phenoxy) is 1. The van der Waals surface area contributed by atoms with Gasteiger partial charge in [0.05, 0.1) is 15.2 Å². The average Bonchev–Trinajstić information content (AvgIpc) is 2.45. The summed E-state index contributed by atoms with van der Waals surface area (Å²) in [5.41, 5.74) is 6.42. The van der Waals surface area contributed by atoms with E-state index >= 15 is 0 Å². The standard InChI is InChI=1S/C16H11BrClNO/c17-15-11-5-2-1-4-10(11)8-9-14(15)20-16-12(18)6-3-7-13(16)19/h1-9H,19H2. The van der Waals surface area contributed by atoms with E-state index in [1.54, 1.807) is 18.2 Å². The number of hydrogen-bond donors (Lipinski definition) is 1. The van der Waals surface area contributed by atoms with Gasteiger partial charge in [-0.25, -0.2) is 0 Å². The van der Waals surface area contributed by atoms with Crippen molar-refractivity contribution in [2.45, 2.75) is 0 Å². The lowest BCUT2D eigenvalue weighted by molar-refractivity contribution is 0.483. The van der Waals surface area contributed by atoms with E-state index in [-0.39, 0.29) is 0 Å². The van der Waals surface area contributed by atoms with Crippen molar-refractivity contribution in [2.75, 3.05) is 5.73 Å². The average molecular weight is 349 g/mol. The van der Waals surface area contributed by atoms with Crippen LogP contribution in [0, 0.1) is 0 Å². The van der Waals surface area contributed by atoms with Gasteiger partial charge in [-0.3, -0.25) is 0 Å². The van der Waals surface area contributed by atoms with Crippen molar-refractivity contribution in [2.24, 2.45) is 0 Å². The Labute approximate surface area is 130 Å². The van der Waals surface area contributed by atoms with Crippen LogP contribution < -0.4 is 10.5 Å². The summed E-state index contributed by atoms with van der Waals surface area (Å²) in [6.45, 7) is 0. The number of hydrogen-bond acceptors (Lipinski definition) is 2. The lowest BCUT2D eigenvalue weighted by atomic mass is 10.1. The van der Waals surface area contributed by atoms with Crippen LogP contribution in [0.4, 0.5) is 5.69 Å². The molecule has 100 valence electrons. The van der Waals surface area contributed by atoms with E-state index in [0.29, 0.717) is 22.2 Å². The van der Waals surface area contributed by atoms with Crippen molar-refractivity contribution >= 4 is 44.0 Å². The smallest absolute Gasteiger partial charge is 0.168 e. The molecular formula is C16H11BrClNO. The molecule has 0 aromatic heterocycles. The van der Waals surface area contributed by atoms with Gasteiger partial charge in [0.25, 0.3) is 0 Å². The molecule has 0 atom stereocenters. The fourth-order valence-electron chi connectivity index (χ4n) is 2.04. The van der Waals surface area contributed by atoms with Crippen LogP contribution in [0.5, 0.6) is 11.5 Å². The molecule has 0 saturated heterocycles. The van der Waals surface area contributed by atoms with Gasteiger partial charge in [0.15, 0.2) is 5.75 Å². The van der Waals surface area contributed by atoms with Crippen LogP contribution >= 0.6 is 27.5 Å². The fourth-order valence-corrected chi connectivity index (χ4v) is 2.83. The second-order valence-electron chi connectivity index (χ2n) is 4.36. The third-order valence-electron chi connectivity index (χ3n) is 3.04. The Morgan fingerprint density at radius 2 is 1.75 bits per heavy atom. The van der Waals surface area contributed by atoms with Gasteiger partial charge in [-0.15, -0.1) is 0 Å². The summed E-state index contributed by atoms with van der Waals surface area (Å²) in [4.78, 5) is 0. The molecule has 0 saturated carbocycles. The van der Waals surface area contributed by atoms with Gasteiger partial charge in [-0.1, -0.05) is 48.0 Å². The molecule has 3 rings (SSSR count). The highest BCUT2D eigenvalue weighted by Gasteiger charge is 2.11. The SMILES string of the molecule is Nc1cccc(Cl)c1Oc1ccc2ccccc2c1Br. The summed E-state index contributed by atoms with van der Waals surface area (Å²) >= 11 is 9.71. The minimum atomic E-state index is 0.477. The van der Waals surface area contributed by atoms with E-state index in [9.17, 15) is 0 Å². The molecule has 3 aromatic rings. The van der Waals surface area contributed by atoms with Crippen LogP contribution in [0.25, 0.3) is 10.8 Å². The Bertz CT molecular complexity index is 768. The molecule has 0 aliphatic carbocycles.